The molecular formula is C10H9N5O5S. The molecule has 0 spiro atoms. The second-order valence-electron chi connectivity index (χ2n) is 3.39. The molecule has 0 unspecified atom stereocenters. The SMILES string of the molecule is COc1c([N+](=O)[O-])cc(N=C(NC#N)SC)cc1[N+](=O)[O-]. The molecule has 0 aliphatic rings. The number of ether oxygens (including phenoxy) is 1. The van der Waals surface area contributed by atoms with Crippen molar-refractivity contribution in [3.05, 3.63) is 32.4 Å². The quantitative estimate of drug-likeness (QED) is 0.222. The van der Waals surface area contributed by atoms with Gasteiger partial charge in [0.15, 0.2) is 11.4 Å². The molecule has 110 valence electrons. The summed E-state index contributed by atoms with van der Waals surface area (Å²) < 4.78 is 4.73. The largest absolute Gasteiger partial charge is 0.485 e. The average Bonchev–Trinajstić information content (AvgIpc) is 2.45. The second kappa shape index (κ2) is 7.06. The number of amidine groups is 1. The number of methoxy groups -OCH3 is 1. The van der Waals surface area contributed by atoms with E-state index in [0.29, 0.717) is 0 Å². The molecule has 1 rings (SSSR count). The van der Waals surface area contributed by atoms with Crippen LogP contribution in [0.4, 0.5) is 17.1 Å². The van der Waals surface area contributed by atoms with E-state index in [4.69, 9.17) is 10.00 Å². The van der Waals surface area contributed by atoms with Crippen molar-refractivity contribution < 1.29 is 14.6 Å². The minimum absolute atomic E-state index is 0.0405. The summed E-state index contributed by atoms with van der Waals surface area (Å²) in [7, 11) is 1.10. The molecule has 1 aromatic carbocycles. The fourth-order valence-corrected chi connectivity index (χ4v) is 1.76. The minimum atomic E-state index is -0.804. The number of hydrogen-bond donors (Lipinski definition) is 1. The summed E-state index contributed by atoms with van der Waals surface area (Å²) in [4.78, 5) is 24.2. The lowest BCUT2D eigenvalue weighted by Crippen LogP contribution is -2.12. The molecule has 0 fully saturated rings. The van der Waals surface area contributed by atoms with Gasteiger partial charge in [-0.15, -0.1) is 0 Å². The maximum Gasteiger partial charge on any atom is 0.320 e. The highest BCUT2D eigenvalue weighted by atomic mass is 32.2. The van der Waals surface area contributed by atoms with Gasteiger partial charge < -0.3 is 4.74 Å². The van der Waals surface area contributed by atoms with Crippen LogP contribution in [-0.2, 0) is 0 Å². The van der Waals surface area contributed by atoms with Crippen molar-refractivity contribution in [1.29, 1.82) is 5.26 Å². The number of nitriles is 1. The highest BCUT2D eigenvalue weighted by molar-refractivity contribution is 8.13. The first-order valence-corrected chi connectivity index (χ1v) is 6.45. The van der Waals surface area contributed by atoms with E-state index in [1.807, 2.05) is 0 Å². The standard InChI is InChI=1S/C10H9N5O5S/c1-20-9-7(14(16)17)3-6(4-8(9)15(18)19)13-10(21-2)12-5-11/h3-4H,1-2H3,(H,12,13). The number of nitro groups is 2. The molecule has 0 amide bonds. The molecule has 0 heterocycles. The van der Waals surface area contributed by atoms with Crippen molar-refractivity contribution in [3.63, 3.8) is 0 Å². The first-order chi connectivity index (χ1) is 9.94. The zero-order valence-corrected chi connectivity index (χ0v) is 11.7. The van der Waals surface area contributed by atoms with E-state index in [2.05, 4.69) is 10.3 Å². The van der Waals surface area contributed by atoms with Crippen molar-refractivity contribution in [2.75, 3.05) is 13.4 Å². The summed E-state index contributed by atoms with van der Waals surface area (Å²) in [5, 5.41) is 32.9. The number of nitrogens with zero attached hydrogens (tertiary/aromatic N) is 4. The van der Waals surface area contributed by atoms with E-state index in [0.717, 1.165) is 31.0 Å². The molecule has 1 aromatic rings. The van der Waals surface area contributed by atoms with Gasteiger partial charge in [-0.3, -0.25) is 25.5 Å². The molecule has 0 radical (unpaired) electrons. The highest BCUT2D eigenvalue weighted by Gasteiger charge is 2.28. The van der Waals surface area contributed by atoms with E-state index < -0.39 is 27.0 Å². The van der Waals surface area contributed by atoms with Crippen LogP contribution in [0.5, 0.6) is 5.75 Å². The molecule has 10 nitrogen and oxygen atoms in total. The van der Waals surface area contributed by atoms with Crippen LogP contribution in [0, 0.1) is 31.7 Å². The van der Waals surface area contributed by atoms with Gasteiger partial charge in [0.2, 0.25) is 0 Å². The van der Waals surface area contributed by atoms with Gasteiger partial charge in [-0.05, 0) is 6.26 Å². The first-order valence-electron chi connectivity index (χ1n) is 5.23. The Morgan fingerprint density at radius 3 is 2.24 bits per heavy atom. The van der Waals surface area contributed by atoms with Gasteiger partial charge in [-0.1, -0.05) is 11.8 Å². The van der Waals surface area contributed by atoms with Crippen LogP contribution in [0.2, 0.25) is 0 Å². The lowest BCUT2D eigenvalue weighted by atomic mass is 10.2. The van der Waals surface area contributed by atoms with Crippen molar-refractivity contribution in [3.8, 4) is 11.9 Å². The summed E-state index contributed by atoms with van der Waals surface area (Å²) in [5.41, 5.74) is -1.20. The van der Waals surface area contributed by atoms with Crippen LogP contribution < -0.4 is 10.1 Å². The molecule has 0 aromatic heterocycles. The van der Waals surface area contributed by atoms with Gasteiger partial charge in [0.05, 0.1) is 22.6 Å². The topological polar surface area (TPSA) is 144 Å². The second-order valence-corrected chi connectivity index (χ2v) is 4.18. The molecule has 11 heteroatoms. The monoisotopic (exact) mass is 311 g/mol. The van der Waals surface area contributed by atoms with Gasteiger partial charge in [0.25, 0.3) is 5.75 Å². The lowest BCUT2D eigenvalue weighted by molar-refractivity contribution is -0.395. The van der Waals surface area contributed by atoms with Gasteiger partial charge >= 0.3 is 11.4 Å². The summed E-state index contributed by atoms with van der Waals surface area (Å²) in [6.45, 7) is 0. The number of hydrogen-bond acceptors (Lipinski definition) is 8. The lowest BCUT2D eigenvalue weighted by Gasteiger charge is -2.05. The van der Waals surface area contributed by atoms with Crippen molar-refractivity contribution in [2.45, 2.75) is 0 Å². The number of benzene rings is 1. The zero-order chi connectivity index (χ0) is 16.0. The Balaban J connectivity index is 3.52. The van der Waals surface area contributed by atoms with Gasteiger partial charge in [-0.25, -0.2) is 4.99 Å². The summed E-state index contributed by atoms with van der Waals surface area (Å²) in [6.07, 6.45) is 3.26. The molecule has 0 aliphatic heterocycles. The van der Waals surface area contributed by atoms with E-state index in [-0.39, 0.29) is 10.9 Å². The van der Waals surface area contributed by atoms with Gasteiger partial charge in [-0.2, -0.15) is 5.26 Å². The predicted octanol–water partition coefficient (Wildman–Crippen LogP) is 1.93. The summed E-state index contributed by atoms with van der Waals surface area (Å²) >= 11 is 1.07. The summed E-state index contributed by atoms with van der Waals surface area (Å²) in [5.74, 6) is -0.456. The normalized spacial score (nSPS) is 10.6. The Hall–Kier alpha value is -2.87. The number of thioether (sulfide) groups is 1. The average molecular weight is 311 g/mol. The molecule has 21 heavy (non-hydrogen) atoms. The molecule has 0 saturated heterocycles. The van der Waals surface area contributed by atoms with Crippen LogP contribution in [0.1, 0.15) is 0 Å². The third kappa shape index (κ3) is 3.80. The van der Waals surface area contributed by atoms with E-state index in [1.165, 1.54) is 0 Å². The number of rotatable bonds is 4. The van der Waals surface area contributed by atoms with Crippen molar-refractivity contribution in [1.82, 2.24) is 5.32 Å². The fourth-order valence-electron chi connectivity index (χ4n) is 1.42. The maximum absolute atomic E-state index is 11.0. The molecule has 0 bridgehead atoms. The van der Waals surface area contributed by atoms with Crippen LogP contribution in [0.25, 0.3) is 0 Å². The molecule has 0 atom stereocenters. The Bertz CT molecular complexity index is 619. The first kappa shape index (κ1) is 16.2. The van der Waals surface area contributed by atoms with Crippen LogP contribution in [0.15, 0.2) is 17.1 Å². The molecular weight excluding hydrogens is 302 g/mol. The number of nitrogens with one attached hydrogen (secondary N) is 1. The highest BCUT2D eigenvalue weighted by Crippen LogP contribution is 2.40. The third-order valence-electron chi connectivity index (χ3n) is 2.22. The zero-order valence-electron chi connectivity index (χ0n) is 10.9. The Morgan fingerprint density at radius 1 is 1.38 bits per heavy atom. The van der Waals surface area contributed by atoms with Crippen LogP contribution >= 0.6 is 11.8 Å². The summed E-state index contributed by atoms with van der Waals surface area (Å²) in [6, 6.07) is 2.06. The fraction of sp³-hybridized carbons (Fsp3) is 0.200. The van der Waals surface area contributed by atoms with Gasteiger partial charge in [0, 0.05) is 12.1 Å². The third-order valence-corrected chi connectivity index (χ3v) is 2.80. The smallest absolute Gasteiger partial charge is 0.320 e. The maximum atomic E-state index is 11.0. The van der Waals surface area contributed by atoms with Crippen molar-refractivity contribution in [2.24, 2.45) is 4.99 Å². The predicted molar refractivity (Wildman–Crippen MR) is 75.7 cm³/mol. The van der Waals surface area contributed by atoms with Gasteiger partial charge in [0.1, 0.15) is 0 Å². The number of aliphatic imine (C=N–C) groups is 1. The van der Waals surface area contributed by atoms with Crippen LogP contribution in [0.3, 0.4) is 0 Å². The Morgan fingerprint density at radius 2 is 1.90 bits per heavy atom. The Labute approximate surface area is 122 Å². The van der Waals surface area contributed by atoms with E-state index in [9.17, 15) is 20.2 Å². The van der Waals surface area contributed by atoms with Crippen molar-refractivity contribution >= 4 is 34.0 Å². The van der Waals surface area contributed by atoms with Crippen LogP contribution in [-0.4, -0.2) is 28.4 Å². The number of nitro benzene ring substituents is 2. The molecule has 0 aliphatic carbocycles. The minimum Gasteiger partial charge on any atom is -0.485 e. The van der Waals surface area contributed by atoms with E-state index >= 15 is 0 Å². The Kier molecular flexibility index (Phi) is 5.44. The van der Waals surface area contributed by atoms with E-state index in [1.54, 1.807) is 12.4 Å². The molecule has 1 N–H and O–H groups in total. The molecule has 0 saturated carbocycles.